The monoisotopic (exact) mass is 498 g/mol. The van der Waals surface area contributed by atoms with E-state index in [9.17, 15) is 13.2 Å². The first kappa shape index (κ1) is 23.1. The van der Waals surface area contributed by atoms with E-state index in [4.69, 9.17) is 4.42 Å². The van der Waals surface area contributed by atoms with Gasteiger partial charge in [0.05, 0.1) is 10.6 Å². The number of hydrogen-bond donors (Lipinski definition) is 0. The fourth-order valence-electron chi connectivity index (χ4n) is 4.33. The van der Waals surface area contributed by atoms with Crippen molar-refractivity contribution in [3.05, 3.63) is 53.6 Å². The quantitative estimate of drug-likeness (QED) is 0.476. The number of fused-ring (bicyclic) bond motifs is 1. The van der Waals surface area contributed by atoms with Crippen molar-refractivity contribution < 1.29 is 17.6 Å². The van der Waals surface area contributed by atoms with Crippen molar-refractivity contribution in [2.24, 2.45) is 0 Å². The van der Waals surface area contributed by atoms with Gasteiger partial charge in [0.1, 0.15) is 0 Å². The summed E-state index contributed by atoms with van der Waals surface area (Å²) in [5.41, 5.74) is 3.63. The number of amides is 1. The number of rotatable bonds is 6. The molecule has 1 fully saturated rings. The van der Waals surface area contributed by atoms with Crippen LogP contribution in [0.2, 0.25) is 0 Å². The number of aryl methyl sites for hydroxylation is 1. The summed E-state index contributed by atoms with van der Waals surface area (Å²) in [6.45, 7) is 3.68. The van der Waals surface area contributed by atoms with Gasteiger partial charge in [-0.15, -0.1) is 10.2 Å². The molecule has 1 saturated heterocycles. The third kappa shape index (κ3) is 4.62. The van der Waals surface area contributed by atoms with E-state index in [1.54, 1.807) is 27.4 Å². The lowest BCUT2D eigenvalue weighted by atomic mass is 10.1. The molecule has 3 aromatic rings. The molecule has 178 valence electrons. The number of anilines is 1. The molecule has 10 heteroatoms. The summed E-state index contributed by atoms with van der Waals surface area (Å²) in [6, 6.07) is 12.9. The molecule has 0 bridgehead atoms. The Morgan fingerprint density at radius 1 is 1.03 bits per heavy atom. The summed E-state index contributed by atoms with van der Waals surface area (Å²) in [5, 5.41) is 8.46. The third-order valence-corrected chi connectivity index (χ3v) is 8.92. The number of aromatic nitrogens is 2. The number of hydrogen-bond acceptors (Lipinski definition) is 7. The van der Waals surface area contributed by atoms with Gasteiger partial charge in [-0.3, -0.25) is 4.79 Å². The summed E-state index contributed by atoms with van der Waals surface area (Å²) in [4.78, 5) is 14.9. The fraction of sp³-hybridized carbons (Fsp3) is 0.375. The molecule has 2 aliphatic heterocycles. The first-order chi connectivity index (χ1) is 16.4. The molecule has 0 aliphatic carbocycles. The van der Waals surface area contributed by atoms with Crippen molar-refractivity contribution in [1.82, 2.24) is 14.5 Å². The normalized spacial score (nSPS) is 16.6. The number of carbonyl (C=O) groups is 1. The van der Waals surface area contributed by atoms with E-state index in [2.05, 4.69) is 10.2 Å². The predicted molar refractivity (Wildman–Crippen MR) is 130 cm³/mol. The molecular formula is C24H26N4O4S2. The van der Waals surface area contributed by atoms with E-state index in [0.29, 0.717) is 42.1 Å². The molecule has 8 nitrogen and oxygen atoms in total. The van der Waals surface area contributed by atoms with Gasteiger partial charge < -0.3 is 9.32 Å². The van der Waals surface area contributed by atoms with Crippen molar-refractivity contribution in [2.75, 3.05) is 30.3 Å². The first-order valence-electron chi connectivity index (χ1n) is 11.4. The molecule has 2 aliphatic rings. The van der Waals surface area contributed by atoms with Gasteiger partial charge in [-0.1, -0.05) is 35.9 Å². The molecule has 0 saturated carbocycles. The number of sulfonamides is 1. The van der Waals surface area contributed by atoms with Crippen LogP contribution < -0.4 is 4.90 Å². The van der Waals surface area contributed by atoms with Crippen LogP contribution in [0.15, 0.2) is 57.0 Å². The van der Waals surface area contributed by atoms with E-state index in [-0.39, 0.29) is 11.7 Å². The van der Waals surface area contributed by atoms with Crippen LogP contribution in [0.3, 0.4) is 0 Å². The van der Waals surface area contributed by atoms with Crippen molar-refractivity contribution in [1.29, 1.82) is 0 Å². The number of piperidine rings is 1. The Morgan fingerprint density at radius 3 is 2.56 bits per heavy atom. The largest absolute Gasteiger partial charge is 0.411 e. The zero-order chi connectivity index (χ0) is 23.7. The molecule has 0 atom stereocenters. The second kappa shape index (κ2) is 9.52. The maximum Gasteiger partial charge on any atom is 0.277 e. The van der Waals surface area contributed by atoms with E-state index in [1.807, 2.05) is 31.2 Å². The Balaban J connectivity index is 1.24. The van der Waals surface area contributed by atoms with Gasteiger partial charge in [0, 0.05) is 30.9 Å². The average Bonchev–Trinajstić information content (AvgIpc) is 3.50. The number of benzene rings is 2. The zero-order valence-electron chi connectivity index (χ0n) is 18.9. The molecule has 1 aromatic heterocycles. The van der Waals surface area contributed by atoms with Crippen LogP contribution in [0, 0.1) is 6.92 Å². The Morgan fingerprint density at radius 2 is 1.79 bits per heavy atom. The van der Waals surface area contributed by atoms with Gasteiger partial charge in [-0.05, 0) is 62.1 Å². The molecule has 0 spiro atoms. The summed E-state index contributed by atoms with van der Waals surface area (Å²) >= 11 is 1.20. The Bertz CT molecular complexity index is 1300. The topological polar surface area (TPSA) is 96.6 Å². The van der Waals surface area contributed by atoms with Crippen LogP contribution >= 0.6 is 11.8 Å². The van der Waals surface area contributed by atoms with Crippen molar-refractivity contribution >= 4 is 33.4 Å². The van der Waals surface area contributed by atoms with E-state index >= 15 is 0 Å². The number of thioether (sulfide) groups is 1. The number of carbonyl (C=O) groups excluding carboxylic acids is 1. The smallest absolute Gasteiger partial charge is 0.277 e. The SMILES string of the molecule is Cc1ccc(-c2nnc(SCC(=O)N3CCc4cc(S(=O)(=O)N5CCCCC5)ccc43)o2)cc1. The van der Waals surface area contributed by atoms with Crippen molar-refractivity contribution in [3.63, 3.8) is 0 Å². The minimum atomic E-state index is -3.49. The first-order valence-corrected chi connectivity index (χ1v) is 13.8. The van der Waals surface area contributed by atoms with Crippen LogP contribution in [-0.2, 0) is 21.2 Å². The van der Waals surface area contributed by atoms with Crippen LogP contribution in [0.5, 0.6) is 0 Å². The molecule has 0 N–H and O–H groups in total. The van der Waals surface area contributed by atoms with Crippen LogP contribution in [-0.4, -0.2) is 54.2 Å². The van der Waals surface area contributed by atoms with Crippen molar-refractivity contribution in [2.45, 2.75) is 42.7 Å². The highest BCUT2D eigenvalue weighted by atomic mass is 32.2. The Hall–Kier alpha value is -2.69. The highest BCUT2D eigenvalue weighted by Gasteiger charge is 2.30. The molecule has 5 rings (SSSR count). The summed E-state index contributed by atoms with van der Waals surface area (Å²) < 4.78 is 33.3. The standard InChI is InChI=1S/C24H26N4O4S2/c1-17-5-7-18(8-6-17)23-25-26-24(32-23)33-16-22(29)28-14-11-19-15-20(9-10-21(19)28)34(30,31)27-12-3-2-4-13-27/h5-10,15H,2-4,11-14,16H2,1H3. The van der Waals surface area contributed by atoms with Gasteiger partial charge >= 0.3 is 0 Å². The molecule has 3 heterocycles. The van der Waals surface area contributed by atoms with Crippen LogP contribution in [0.1, 0.15) is 30.4 Å². The predicted octanol–water partition coefficient (Wildman–Crippen LogP) is 3.90. The summed E-state index contributed by atoms with van der Waals surface area (Å²) in [6.07, 6.45) is 3.50. The minimum absolute atomic E-state index is 0.0783. The van der Waals surface area contributed by atoms with Crippen LogP contribution in [0.25, 0.3) is 11.5 Å². The Labute approximate surface area is 203 Å². The third-order valence-electron chi connectivity index (χ3n) is 6.22. The molecule has 2 aromatic carbocycles. The fourth-order valence-corrected chi connectivity index (χ4v) is 6.54. The second-order valence-corrected chi connectivity index (χ2v) is 11.4. The maximum atomic E-state index is 13.0. The van der Waals surface area contributed by atoms with Gasteiger partial charge in [0.15, 0.2) is 0 Å². The highest BCUT2D eigenvalue weighted by Crippen LogP contribution is 2.33. The van der Waals surface area contributed by atoms with E-state index < -0.39 is 10.0 Å². The molecular weight excluding hydrogens is 472 g/mol. The molecule has 0 unspecified atom stereocenters. The van der Waals surface area contributed by atoms with E-state index in [1.165, 1.54) is 11.8 Å². The van der Waals surface area contributed by atoms with Gasteiger partial charge in [-0.2, -0.15) is 4.31 Å². The van der Waals surface area contributed by atoms with Gasteiger partial charge in [0.25, 0.3) is 5.22 Å². The Kier molecular flexibility index (Phi) is 6.46. The van der Waals surface area contributed by atoms with Gasteiger partial charge in [0.2, 0.25) is 21.8 Å². The lowest BCUT2D eigenvalue weighted by Gasteiger charge is -2.26. The highest BCUT2D eigenvalue weighted by molar-refractivity contribution is 7.99. The molecule has 0 radical (unpaired) electrons. The number of nitrogens with zero attached hydrogens (tertiary/aromatic N) is 4. The lowest BCUT2D eigenvalue weighted by molar-refractivity contribution is -0.116. The molecule has 1 amide bonds. The minimum Gasteiger partial charge on any atom is -0.411 e. The maximum absolute atomic E-state index is 13.0. The zero-order valence-corrected chi connectivity index (χ0v) is 20.6. The van der Waals surface area contributed by atoms with Crippen molar-refractivity contribution in [3.8, 4) is 11.5 Å². The lowest BCUT2D eigenvalue weighted by Crippen LogP contribution is -2.35. The van der Waals surface area contributed by atoms with Gasteiger partial charge in [-0.25, -0.2) is 8.42 Å². The molecule has 34 heavy (non-hydrogen) atoms. The second-order valence-electron chi connectivity index (χ2n) is 8.58. The summed E-state index contributed by atoms with van der Waals surface area (Å²) in [5.74, 6) is 0.498. The summed E-state index contributed by atoms with van der Waals surface area (Å²) in [7, 11) is -3.49. The average molecular weight is 499 g/mol. The van der Waals surface area contributed by atoms with Crippen LogP contribution in [0.4, 0.5) is 5.69 Å². The van der Waals surface area contributed by atoms with E-state index in [0.717, 1.165) is 41.6 Å².